The highest BCUT2D eigenvalue weighted by Crippen LogP contribution is 2.26. The van der Waals surface area contributed by atoms with Gasteiger partial charge in [-0.1, -0.05) is 12.1 Å². The van der Waals surface area contributed by atoms with Crippen LogP contribution in [0.5, 0.6) is 0 Å². The van der Waals surface area contributed by atoms with E-state index in [1.54, 1.807) is 18.2 Å². The Morgan fingerprint density at radius 1 is 0.905 bits per heavy atom. The zero-order chi connectivity index (χ0) is 14.4. The second-order valence-electron chi connectivity index (χ2n) is 4.81. The maximum Gasteiger partial charge on any atom is 0.156 e. The predicted molar refractivity (Wildman–Crippen MR) is 79.6 cm³/mol. The summed E-state index contributed by atoms with van der Waals surface area (Å²) in [6.07, 6.45) is 0. The maximum atomic E-state index is 9.38. The van der Waals surface area contributed by atoms with E-state index in [0.717, 1.165) is 21.9 Å². The molecule has 2 heterocycles. The monoisotopic (exact) mass is 268 g/mol. The maximum absolute atomic E-state index is 9.38. The Bertz CT molecular complexity index is 1110. The summed E-state index contributed by atoms with van der Waals surface area (Å²) in [6.45, 7) is 0. The van der Waals surface area contributed by atoms with Crippen LogP contribution in [0.1, 0.15) is 11.1 Å². The van der Waals surface area contributed by atoms with Crippen LogP contribution in [0, 0.1) is 22.7 Å². The van der Waals surface area contributed by atoms with E-state index in [1.807, 2.05) is 34.7 Å². The van der Waals surface area contributed by atoms with E-state index in [-0.39, 0.29) is 0 Å². The molecule has 2 aromatic carbocycles. The molecular weight excluding hydrogens is 260 g/mol. The van der Waals surface area contributed by atoms with Crippen LogP contribution in [0.3, 0.4) is 0 Å². The number of nitrogens with zero attached hydrogens (tertiary/aromatic N) is 4. The highest BCUT2D eigenvalue weighted by Gasteiger charge is 2.12. The summed E-state index contributed by atoms with van der Waals surface area (Å²) in [7, 11) is 0. The average Bonchev–Trinajstić information content (AvgIpc) is 2.93. The van der Waals surface area contributed by atoms with Crippen molar-refractivity contribution in [2.24, 2.45) is 0 Å². The van der Waals surface area contributed by atoms with Gasteiger partial charge in [0, 0.05) is 5.39 Å². The molecule has 4 rings (SSSR count). The van der Waals surface area contributed by atoms with Crippen LogP contribution in [-0.4, -0.2) is 9.38 Å². The highest BCUT2D eigenvalue weighted by molar-refractivity contribution is 5.93. The number of rotatable bonds is 0. The lowest BCUT2D eigenvalue weighted by Gasteiger charge is -2.05. The zero-order valence-corrected chi connectivity index (χ0v) is 10.9. The molecule has 0 bridgehead atoms. The number of aromatic nitrogens is 2. The fourth-order valence-corrected chi connectivity index (χ4v) is 2.70. The number of hydrogen-bond acceptors (Lipinski definition) is 3. The summed E-state index contributed by atoms with van der Waals surface area (Å²) in [5.41, 5.74) is 4.49. The molecule has 4 nitrogen and oxygen atoms in total. The van der Waals surface area contributed by atoms with E-state index in [1.165, 1.54) is 0 Å². The van der Waals surface area contributed by atoms with Gasteiger partial charge in [0.05, 0.1) is 33.7 Å². The number of fused-ring (bicyclic) bond motifs is 5. The Balaban J connectivity index is 2.33. The van der Waals surface area contributed by atoms with Gasteiger partial charge in [-0.2, -0.15) is 10.5 Å². The van der Waals surface area contributed by atoms with Gasteiger partial charge >= 0.3 is 0 Å². The van der Waals surface area contributed by atoms with Crippen LogP contribution in [-0.2, 0) is 0 Å². The molecule has 0 N–H and O–H groups in total. The minimum atomic E-state index is 0.508. The van der Waals surface area contributed by atoms with Crippen molar-refractivity contribution in [3.8, 4) is 12.1 Å². The van der Waals surface area contributed by atoms with Crippen molar-refractivity contribution in [3.63, 3.8) is 0 Å². The van der Waals surface area contributed by atoms with E-state index in [2.05, 4.69) is 17.1 Å². The Morgan fingerprint density at radius 3 is 2.57 bits per heavy atom. The fraction of sp³-hybridized carbons (Fsp3) is 0. The molecule has 4 heteroatoms. The predicted octanol–water partition coefficient (Wildman–Crippen LogP) is 3.38. The molecule has 0 saturated heterocycles. The minimum Gasteiger partial charge on any atom is -0.291 e. The molecular formula is C17H8N4. The summed E-state index contributed by atoms with van der Waals surface area (Å²) in [6, 6.07) is 19.4. The van der Waals surface area contributed by atoms with Crippen molar-refractivity contribution in [2.75, 3.05) is 0 Å². The molecule has 4 aromatic rings. The molecule has 0 spiro atoms. The molecule has 0 saturated carbocycles. The van der Waals surface area contributed by atoms with Crippen LogP contribution >= 0.6 is 0 Å². The van der Waals surface area contributed by atoms with E-state index in [9.17, 15) is 5.26 Å². The fourth-order valence-electron chi connectivity index (χ4n) is 2.70. The third kappa shape index (κ3) is 1.51. The molecule has 0 aliphatic heterocycles. The van der Waals surface area contributed by atoms with Gasteiger partial charge in [0.2, 0.25) is 0 Å². The zero-order valence-electron chi connectivity index (χ0n) is 10.9. The highest BCUT2D eigenvalue weighted by atomic mass is 15.0. The van der Waals surface area contributed by atoms with Crippen molar-refractivity contribution >= 4 is 27.6 Å². The number of imidazole rings is 1. The summed E-state index contributed by atoms with van der Waals surface area (Å²) in [4.78, 5) is 4.55. The number of hydrogen-bond donors (Lipinski definition) is 0. The van der Waals surface area contributed by atoms with Gasteiger partial charge in [0.1, 0.15) is 6.07 Å². The van der Waals surface area contributed by atoms with E-state index in [0.29, 0.717) is 16.8 Å². The third-order valence-corrected chi connectivity index (χ3v) is 3.62. The van der Waals surface area contributed by atoms with Crippen molar-refractivity contribution in [3.05, 3.63) is 59.7 Å². The number of pyridine rings is 1. The molecule has 0 radical (unpaired) electrons. The first-order valence-corrected chi connectivity index (χ1v) is 6.46. The number of benzene rings is 2. The molecule has 0 atom stereocenters. The van der Waals surface area contributed by atoms with Crippen LogP contribution in [0.4, 0.5) is 0 Å². The summed E-state index contributed by atoms with van der Waals surface area (Å²) >= 11 is 0. The Labute approximate surface area is 120 Å². The van der Waals surface area contributed by atoms with Gasteiger partial charge in [-0.25, -0.2) is 4.98 Å². The summed E-state index contributed by atoms with van der Waals surface area (Å²) in [5.74, 6) is 0. The van der Waals surface area contributed by atoms with Gasteiger partial charge < -0.3 is 0 Å². The Hall–Kier alpha value is -3.37. The Kier molecular flexibility index (Phi) is 2.22. The van der Waals surface area contributed by atoms with Crippen LogP contribution in [0.25, 0.3) is 27.6 Å². The first kappa shape index (κ1) is 11.5. The smallest absolute Gasteiger partial charge is 0.156 e. The molecule has 0 amide bonds. The van der Waals surface area contributed by atoms with Gasteiger partial charge in [0.25, 0.3) is 0 Å². The molecule has 2 aromatic heterocycles. The first-order valence-electron chi connectivity index (χ1n) is 6.46. The van der Waals surface area contributed by atoms with Crippen LogP contribution in [0.2, 0.25) is 0 Å². The quantitative estimate of drug-likeness (QED) is 0.491. The molecule has 0 aliphatic carbocycles. The molecule has 0 fully saturated rings. The topological polar surface area (TPSA) is 64.9 Å². The second kappa shape index (κ2) is 4.06. The van der Waals surface area contributed by atoms with E-state index < -0.39 is 0 Å². The van der Waals surface area contributed by atoms with E-state index >= 15 is 0 Å². The molecule has 96 valence electrons. The lowest BCUT2D eigenvalue weighted by molar-refractivity contribution is 1.28. The van der Waals surface area contributed by atoms with Gasteiger partial charge in [-0.05, 0) is 36.4 Å². The van der Waals surface area contributed by atoms with Crippen molar-refractivity contribution in [1.29, 1.82) is 10.5 Å². The number of nitriles is 2. The minimum absolute atomic E-state index is 0.508. The van der Waals surface area contributed by atoms with Crippen molar-refractivity contribution in [1.82, 2.24) is 9.38 Å². The summed E-state index contributed by atoms with van der Waals surface area (Å²) in [5, 5.41) is 19.3. The van der Waals surface area contributed by atoms with Crippen molar-refractivity contribution in [2.45, 2.75) is 0 Å². The largest absolute Gasteiger partial charge is 0.291 e. The summed E-state index contributed by atoms with van der Waals surface area (Å²) < 4.78 is 1.98. The lowest BCUT2D eigenvalue weighted by Crippen LogP contribution is -1.92. The average molecular weight is 268 g/mol. The normalized spacial score (nSPS) is 10.8. The SMILES string of the molecule is N#Cc1ccc2c(c1)cc(C#N)c1nc3ccccc3n12. The molecule has 0 unspecified atom stereocenters. The standard InChI is InChI=1S/C17H8N4/c18-9-11-5-6-15-12(7-11)8-13(10-19)17-20-14-3-1-2-4-16(14)21(15)17/h1-8H. The molecule has 21 heavy (non-hydrogen) atoms. The van der Waals surface area contributed by atoms with Gasteiger partial charge in [-0.3, -0.25) is 4.40 Å². The third-order valence-electron chi connectivity index (χ3n) is 3.62. The van der Waals surface area contributed by atoms with E-state index in [4.69, 9.17) is 5.26 Å². The lowest BCUT2D eigenvalue weighted by atomic mass is 10.1. The second-order valence-corrected chi connectivity index (χ2v) is 4.81. The molecule has 0 aliphatic rings. The van der Waals surface area contributed by atoms with Crippen LogP contribution in [0.15, 0.2) is 48.5 Å². The van der Waals surface area contributed by atoms with Crippen LogP contribution < -0.4 is 0 Å². The number of para-hydroxylation sites is 2. The van der Waals surface area contributed by atoms with Gasteiger partial charge in [0.15, 0.2) is 5.65 Å². The van der Waals surface area contributed by atoms with Crippen molar-refractivity contribution < 1.29 is 0 Å². The Morgan fingerprint density at radius 2 is 1.76 bits per heavy atom. The van der Waals surface area contributed by atoms with Gasteiger partial charge in [-0.15, -0.1) is 0 Å². The first-order chi connectivity index (χ1) is 10.3.